The monoisotopic (exact) mass is 307 g/mol. The van der Waals surface area contributed by atoms with Crippen molar-refractivity contribution >= 4 is 28.8 Å². The van der Waals surface area contributed by atoms with Crippen molar-refractivity contribution in [1.82, 2.24) is 10.3 Å². The number of hydrogen-bond donors (Lipinski definition) is 1. The predicted molar refractivity (Wildman–Crippen MR) is 85.5 cm³/mol. The fourth-order valence-corrected chi connectivity index (χ4v) is 3.12. The number of rotatable bonds is 6. The molecule has 1 aliphatic carbocycles. The van der Waals surface area contributed by atoms with Crippen molar-refractivity contribution in [2.45, 2.75) is 32.0 Å². The van der Waals surface area contributed by atoms with E-state index in [4.69, 9.17) is 11.6 Å². The zero-order valence-corrected chi connectivity index (χ0v) is 13.0. The van der Waals surface area contributed by atoms with E-state index >= 15 is 0 Å². The number of anilines is 1. The highest BCUT2D eigenvalue weighted by Crippen LogP contribution is 2.25. The van der Waals surface area contributed by atoms with Crippen LogP contribution in [0.4, 0.5) is 5.82 Å². The largest absolute Gasteiger partial charge is 0.354 e. The van der Waals surface area contributed by atoms with Crippen molar-refractivity contribution in [3.63, 3.8) is 0 Å². The molecule has 2 aromatic rings. The number of thiophene rings is 1. The molecule has 1 N–H and O–H groups in total. The molecule has 0 aromatic carbocycles. The normalized spacial score (nSPS) is 14.5. The van der Waals surface area contributed by atoms with Gasteiger partial charge in [0, 0.05) is 32.4 Å². The van der Waals surface area contributed by atoms with Crippen LogP contribution in [-0.4, -0.2) is 18.1 Å². The van der Waals surface area contributed by atoms with Crippen LogP contribution in [0.2, 0.25) is 5.02 Å². The van der Waals surface area contributed by atoms with Crippen LogP contribution in [0, 0.1) is 0 Å². The van der Waals surface area contributed by atoms with Crippen LogP contribution in [0.15, 0.2) is 29.1 Å². The van der Waals surface area contributed by atoms with Crippen molar-refractivity contribution in [3.8, 4) is 0 Å². The van der Waals surface area contributed by atoms with Gasteiger partial charge in [0.2, 0.25) is 0 Å². The number of aromatic nitrogens is 1. The Kier molecular flexibility index (Phi) is 4.24. The van der Waals surface area contributed by atoms with Crippen LogP contribution in [0.3, 0.4) is 0 Å². The van der Waals surface area contributed by atoms with Gasteiger partial charge in [0.1, 0.15) is 5.82 Å². The van der Waals surface area contributed by atoms with Gasteiger partial charge in [-0.3, -0.25) is 0 Å². The Labute approximate surface area is 128 Å². The van der Waals surface area contributed by atoms with E-state index in [0.717, 1.165) is 29.5 Å². The molecule has 2 heterocycles. The van der Waals surface area contributed by atoms with Crippen molar-refractivity contribution in [1.29, 1.82) is 0 Å². The summed E-state index contributed by atoms with van der Waals surface area (Å²) in [5.41, 5.74) is 2.43. The highest BCUT2D eigenvalue weighted by molar-refractivity contribution is 7.07. The van der Waals surface area contributed by atoms with Gasteiger partial charge in [-0.1, -0.05) is 11.6 Å². The van der Waals surface area contributed by atoms with Gasteiger partial charge in [-0.05, 0) is 46.9 Å². The van der Waals surface area contributed by atoms with Gasteiger partial charge in [-0.2, -0.15) is 11.3 Å². The summed E-state index contributed by atoms with van der Waals surface area (Å²) in [5, 5.41) is 8.43. The average molecular weight is 308 g/mol. The van der Waals surface area contributed by atoms with Crippen molar-refractivity contribution in [2.75, 3.05) is 11.9 Å². The minimum absolute atomic E-state index is 0.703. The van der Waals surface area contributed by atoms with Crippen LogP contribution in [-0.2, 0) is 13.1 Å². The van der Waals surface area contributed by atoms with Crippen LogP contribution in [0.1, 0.15) is 24.0 Å². The van der Waals surface area contributed by atoms with Gasteiger partial charge in [-0.15, -0.1) is 0 Å². The van der Waals surface area contributed by atoms with E-state index in [2.05, 4.69) is 32.0 Å². The van der Waals surface area contributed by atoms with Crippen LogP contribution >= 0.6 is 22.9 Å². The van der Waals surface area contributed by atoms with Crippen LogP contribution in [0.5, 0.6) is 0 Å². The summed E-state index contributed by atoms with van der Waals surface area (Å²) in [5.74, 6) is 0.841. The highest BCUT2D eigenvalue weighted by Gasteiger charge is 2.20. The van der Waals surface area contributed by atoms with Gasteiger partial charge in [-0.25, -0.2) is 4.98 Å². The zero-order valence-electron chi connectivity index (χ0n) is 11.5. The Morgan fingerprint density at radius 3 is 2.95 bits per heavy atom. The summed E-state index contributed by atoms with van der Waals surface area (Å²) < 4.78 is 0. The first-order valence-corrected chi connectivity index (χ1v) is 8.14. The number of nitrogens with zero attached hydrogens (tertiary/aromatic N) is 2. The van der Waals surface area contributed by atoms with E-state index in [9.17, 15) is 0 Å². The second-order valence-corrected chi connectivity index (χ2v) is 6.48. The maximum Gasteiger partial charge on any atom is 0.147 e. The molecule has 3 rings (SSSR count). The molecular weight excluding hydrogens is 290 g/mol. The lowest BCUT2D eigenvalue weighted by molar-refractivity contribution is 0.685. The standard InChI is InChI=1S/C15H18ClN3S/c1-19(9-11-4-5-20-10-11)15-14(16)6-12(8-18-15)7-17-13-2-3-13/h4-6,8,10,13,17H,2-3,7,9H2,1H3. The van der Waals surface area contributed by atoms with Gasteiger partial charge in [0.25, 0.3) is 0 Å². The Bertz CT molecular complexity index is 567. The fraction of sp³-hybridized carbons (Fsp3) is 0.400. The van der Waals surface area contributed by atoms with E-state index in [0.29, 0.717) is 6.04 Å². The molecule has 1 aliphatic rings. The second kappa shape index (κ2) is 6.12. The quantitative estimate of drug-likeness (QED) is 0.882. The molecule has 1 fully saturated rings. The van der Waals surface area contributed by atoms with E-state index in [-0.39, 0.29) is 0 Å². The molecule has 0 atom stereocenters. The highest BCUT2D eigenvalue weighted by atomic mass is 35.5. The molecular formula is C15H18ClN3S. The SMILES string of the molecule is CN(Cc1ccsc1)c1ncc(CNC2CC2)cc1Cl. The van der Waals surface area contributed by atoms with Gasteiger partial charge < -0.3 is 10.2 Å². The van der Waals surface area contributed by atoms with Crippen molar-refractivity contribution < 1.29 is 0 Å². The van der Waals surface area contributed by atoms with E-state index in [1.165, 1.54) is 18.4 Å². The first-order chi connectivity index (χ1) is 9.72. The fourth-order valence-electron chi connectivity index (χ4n) is 2.13. The van der Waals surface area contributed by atoms with Crippen molar-refractivity contribution in [2.24, 2.45) is 0 Å². The number of halogens is 1. The summed E-state index contributed by atoms with van der Waals surface area (Å²) in [6.07, 6.45) is 4.51. The lowest BCUT2D eigenvalue weighted by atomic mass is 10.2. The van der Waals surface area contributed by atoms with Crippen LogP contribution < -0.4 is 10.2 Å². The number of pyridine rings is 1. The summed E-state index contributed by atoms with van der Waals surface area (Å²) in [4.78, 5) is 6.60. The smallest absolute Gasteiger partial charge is 0.147 e. The van der Waals surface area contributed by atoms with E-state index in [1.807, 2.05) is 19.3 Å². The van der Waals surface area contributed by atoms with Crippen LogP contribution in [0.25, 0.3) is 0 Å². The lowest BCUT2D eigenvalue weighted by Crippen LogP contribution is -2.19. The zero-order chi connectivity index (χ0) is 13.9. The Morgan fingerprint density at radius 1 is 1.45 bits per heavy atom. The molecule has 20 heavy (non-hydrogen) atoms. The lowest BCUT2D eigenvalue weighted by Gasteiger charge is -2.19. The van der Waals surface area contributed by atoms with E-state index in [1.54, 1.807) is 11.3 Å². The maximum absolute atomic E-state index is 6.37. The number of nitrogens with one attached hydrogen (secondary N) is 1. The van der Waals surface area contributed by atoms with E-state index < -0.39 is 0 Å². The van der Waals surface area contributed by atoms with Crippen molar-refractivity contribution in [3.05, 3.63) is 45.2 Å². The molecule has 0 spiro atoms. The summed E-state index contributed by atoms with van der Waals surface area (Å²) >= 11 is 8.08. The molecule has 0 bridgehead atoms. The van der Waals surface area contributed by atoms with Gasteiger partial charge >= 0.3 is 0 Å². The molecule has 0 aliphatic heterocycles. The third-order valence-corrected chi connectivity index (χ3v) is 4.42. The van der Waals surface area contributed by atoms with Gasteiger partial charge in [0.15, 0.2) is 0 Å². The molecule has 5 heteroatoms. The molecule has 106 valence electrons. The minimum Gasteiger partial charge on any atom is -0.354 e. The molecule has 3 nitrogen and oxygen atoms in total. The Morgan fingerprint density at radius 2 is 2.30 bits per heavy atom. The Hall–Kier alpha value is -1.10. The molecule has 2 aromatic heterocycles. The topological polar surface area (TPSA) is 28.2 Å². The van der Waals surface area contributed by atoms with Gasteiger partial charge in [0.05, 0.1) is 5.02 Å². The Balaban J connectivity index is 1.66. The first kappa shape index (κ1) is 13.9. The number of hydrogen-bond acceptors (Lipinski definition) is 4. The summed E-state index contributed by atoms with van der Waals surface area (Å²) in [6.45, 7) is 1.68. The third kappa shape index (κ3) is 3.51. The minimum atomic E-state index is 0.703. The predicted octanol–water partition coefficient (Wildman–Crippen LogP) is 3.68. The average Bonchev–Trinajstić information content (AvgIpc) is 3.13. The summed E-state index contributed by atoms with van der Waals surface area (Å²) in [6, 6.07) is 4.85. The summed E-state index contributed by atoms with van der Waals surface area (Å²) in [7, 11) is 2.02. The maximum atomic E-state index is 6.37. The molecule has 0 saturated heterocycles. The second-order valence-electron chi connectivity index (χ2n) is 5.29. The molecule has 0 amide bonds. The third-order valence-electron chi connectivity index (χ3n) is 3.41. The molecule has 0 radical (unpaired) electrons. The molecule has 1 saturated carbocycles. The first-order valence-electron chi connectivity index (χ1n) is 6.82. The molecule has 0 unspecified atom stereocenters.